The average Bonchev–Trinajstić information content (AvgIpc) is 2.88. The van der Waals surface area contributed by atoms with Crippen molar-refractivity contribution >= 4 is 38.1 Å². The quantitative estimate of drug-likeness (QED) is 0.463. The molecule has 1 heterocycles. The van der Waals surface area contributed by atoms with Gasteiger partial charge in [-0.05, 0) is 65.7 Å². The monoisotopic (exact) mass is 444 g/mol. The number of sulfonamides is 1. The Kier molecular flexibility index (Phi) is 4.64. The molecule has 0 saturated carbocycles. The molecule has 0 aliphatic carbocycles. The van der Waals surface area contributed by atoms with Gasteiger partial charge in [0.1, 0.15) is 5.75 Å². The zero-order valence-electron chi connectivity index (χ0n) is 17.5. The molecular weight excluding hydrogens is 424 g/mol. The van der Waals surface area contributed by atoms with Crippen LogP contribution < -0.4 is 14.4 Å². The van der Waals surface area contributed by atoms with Crippen LogP contribution in [0.15, 0.2) is 83.8 Å². The van der Waals surface area contributed by atoms with Crippen LogP contribution in [0.1, 0.15) is 15.9 Å². The van der Waals surface area contributed by atoms with E-state index in [-0.39, 0.29) is 22.1 Å². The van der Waals surface area contributed by atoms with E-state index < -0.39 is 10.0 Å². The molecule has 1 aliphatic heterocycles. The Morgan fingerprint density at radius 3 is 2.41 bits per heavy atom. The second-order valence-electron chi connectivity index (χ2n) is 7.76. The Bertz CT molecular complexity index is 1500. The normalized spacial score (nSPS) is 13.2. The van der Waals surface area contributed by atoms with Crippen molar-refractivity contribution < 1.29 is 17.9 Å². The van der Waals surface area contributed by atoms with Crippen molar-refractivity contribution in [3.05, 3.63) is 90.0 Å². The van der Waals surface area contributed by atoms with Gasteiger partial charge in [0.15, 0.2) is 5.75 Å². The fraction of sp³-hybridized carbons (Fsp3) is 0.0800. The molecule has 0 spiro atoms. The van der Waals surface area contributed by atoms with Gasteiger partial charge in [-0.1, -0.05) is 36.4 Å². The third kappa shape index (κ3) is 3.46. The van der Waals surface area contributed by atoms with Crippen LogP contribution in [-0.2, 0) is 10.0 Å². The molecule has 4 aromatic rings. The van der Waals surface area contributed by atoms with Crippen molar-refractivity contribution in [3.8, 4) is 11.5 Å². The average molecular weight is 445 g/mol. The largest absolute Gasteiger partial charge is 0.454 e. The molecule has 4 aromatic carbocycles. The summed E-state index contributed by atoms with van der Waals surface area (Å²) in [7, 11) is -2.17. The van der Waals surface area contributed by atoms with Crippen molar-refractivity contribution in [2.45, 2.75) is 11.8 Å². The summed E-state index contributed by atoms with van der Waals surface area (Å²) in [5.74, 6) is 0.656. The van der Waals surface area contributed by atoms with E-state index in [1.807, 2.05) is 49.4 Å². The highest BCUT2D eigenvalue weighted by atomic mass is 32.2. The van der Waals surface area contributed by atoms with Crippen LogP contribution in [-0.4, -0.2) is 21.4 Å². The van der Waals surface area contributed by atoms with Crippen LogP contribution in [0.25, 0.3) is 10.8 Å². The van der Waals surface area contributed by atoms with E-state index in [0.29, 0.717) is 17.2 Å². The standard InChI is InChI=1S/C25H20N2O4S/c1-16-7-11-24-22(13-16)27(2)25(28)21-15-19(9-12-23(21)31-24)26-32(29,30)20-10-8-17-5-3-4-6-18(17)14-20/h3-15,26H,1-2H3. The maximum atomic E-state index is 13.1. The van der Waals surface area contributed by atoms with E-state index in [9.17, 15) is 13.2 Å². The number of hydrogen-bond donors (Lipinski definition) is 1. The molecule has 0 saturated heterocycles. The molecule has 1 aliphatic rings. The van der Waals surface area contributed by atoms with Crippen molar-refractivity contribution in [2.75, 3.05) is 16.7 Å². The van der Waals surface area contributed by atoms with Crippen LogP contribution in [0.4, 0.5) is 11.4 Å². The number of carbonyl (C=O) groups is 1. The van der Waals surface area contributed by atoms with Gasteiger partial charge < -0.3 is 9.64 Å². The van der Waals surface area contributed by atoms with Crippen LogP contribution in [0.2, 0.25) is 0 Å². The van der Waals surface area contributed by atoms with E-state index in [4.69, 9.17) is 4.74 Å². The number of nitrogens with one attached hydrogen (secondary N) is 1. The number of benzene rings is 4. The summed E-state index contributed by atoms with van der Waals surface area (Å²) in [4.78, 5) is 14.8. The van der Waals surface area contributed by atoms with E-state index >= 15 is 0 Å². The molecule has 7 heteroatoms. The lowest BCUT2D eigenvalue weighted by atomic mass is 10.1. The maximum Gasteiger partial charge on any atom is 0.261 e. The van der Waals surface area contributed by atoms with Gasteiger partial charge in [-0.3, -0.25) is 9.52 Å². The first-order valence-corrected chi connectivity index (χ1v) is 11.5. The molecule has 32 heavy (non-hydrogen) atoms. The molecule has 0 radical (unpaired) electrons. The minimum Gasteiger partial charge on any atom is -0.454 e. The van der Waals surface area contributed by atoms with E-state index in [2.05, 4.69) is 4.72 Å². The molecule has 0 atom stereocenters. The number of anilines is 2. The first-order chi connectivity index (χ1) is 15.3. The number of carbonyl (C=O) groups excluding carboxylic acids is 1. The molecule has 0 unspecified atom stereocenters. The number of aryl methyl sites for hydroxylation is 1. The Balaban J connectivity index is 1.50. The van der Waals surface area contributed by atoms with Gasteiger partial charge in [-0.2, -0.15) is 0 Å². The van der Waals surface area contributed by atoms with E-state index in [1.165, 1.54) is 11.0 Å². The third-order valence-corrected chi connectivity index (χ3v) is 6.87. The smallest absolute Gasteiger partial charge is 0.261 e. The fourth-order valence-electron chi connectivity index (χ4n) is 3.78. The van der Waals surface area contributed by atoms with Gasteiger partial charge in [0.25, 0.3) is 15.9 Å². The predicted octanol–water partition coefficient (Wildman–Crippen LogP) is 5.33. The van der Waals surface area contributed by atoms with Crippen molar-refractivity contribution in [1.29, 1.82) is 0 Å². The van der Waals surface area contributed by atoms with E-state index in [1.54, 1.807) is 37.4 Å². The van der Waals surface area contributed by atoms with Gasteiger partial charge in [0, 0.05) is 12.7 Å². The predicted molar refractivity (Wildman–Crippen MR) is 125 cm³/mol. The molecular formula is C25H20N2O4S. The minimum atomic E-state index is -3.85. The van der Waals surface area contributed by atoms with Crippen LogP contribution in [0.3, 0.4) is 0 Å². The third-order valence-electron chi connectivity index (χ3n) is 5.49. The molecule has 0 aromatic heterocycles. The van der Waals surface area contributed by atoms with Gasteiger partial charge in [0.2, 0.25) is 0 Å². The van der Waals surface area contributed by atoms with E-state index in [0.717, 1.165) is 16.3 Å². The highest BCUT2D eigenvalue weighted by Crippen LogP contribution is 2.39. The highest BCUT2D eigenvalue weighted by Gasteiger charge is 2.27. The van der Waals surface area contributed by atoms with Gasteiger partial charge in [0.05, 0.1) is 16.1 Å². The number of ether oxygens (including phenoxy) is 1. The number of nitrogens with zero attached hydrogens (tertiary/aromatic N) is 1. The molecule has 5 rings (SSSR count). The lowest BCUT2D eigenvalue weighted by Gasteiger charge is -2.17. The summed E-state index contributed by atoms with van der Waals surface area (Å²) in [5, 5.41) is 1.78. The molecule has 6 nitrogen and oxygen atoms in total. The summed E-state index contributed by atoms with van der Waals surface area (Å²) >= 11 is 0. The van der Waals surface area contributed by atoms with Crippen LogP contribution >= 0.6 is 0 Å². The second kappa shape index (κ2) is 7.39. The zero-order chi connectivity index (χ0) is 22.5. The lowest BCUT2D eigenvalue weighted by Crippen LogP contribution is -2.25. The number of fused-ring (bicyclic) bond motifs is 3. The molecule has 160 valence electrons. The first kappa shape index (κ1) is 20.1. The van der Waals surface area contributed by atoms with Crippen molar-refractivity contribution in [2.24, 2.45) is 0 Å². The second-order valence-corrected chi connectivity index (χ2v) is 9.45. The molecule has 1 amide bonds. The number of rotatable bonds is 3. The minimum absolute atomic E-state index is 0.147. The topological polar surface area (TPSA) is 75.7 Å². The zero-order valence-corrected chi connectivity index (χ0v) is 18.3. The fourth-order valence-corrected chi connectivity index (χ4v) is 4.87. The summed E-state index contributed by atoms with van der Waals surface area (Å²) < 4.78 is 34.6. The Morgan fingerprint density at radius 2 is 1.59 bits per heavy atom. The summed E-state index contributed by atoms with van der Waals surface area (Å²) in [6.07, 6.45) is 0. The number of amides is 1. The number of hydrogen-bond acceptors (Lipinski definition) is 4. The SMILES string of the molecule is Cc1ccc2c(c1)N(C)C(=O)c1cc(NS(=O)(=O)c3ccc4ccccc4c3)ccc1O2. The summed E-state index contributed by atoms with van der Waals surface area (Å²) in [5.41, 5.74) is 2.22. The first-order valence-electron chi connectivity index (χ1n) is 10.0. The highest BCUT2D eigenvalue weighted by molar-refractivity contribution is 7.92. The van der Waals surface area contributed by atoms with Crippen LogP contribution in [0.5, 0.6) is 11.5 Å². The molecule has 1 N–H and O–H groups in total. The molecule has 0 bridgehead atoms. The Morgan fingerprint density at radius 1 is 0.844 bits per heavy atom. The van der Waals surface area contributed by atoms with Gasteiger partial charge >= 0.3 is 0 Å². The maximum absolute atomic E-state index is 13.1. The Hall–Kier alpha value is -3.84. The lowest BCUT2D eigenvalue weighted by molar-refractivity contribution is 0.0993. The summed E-state index contributed by atoms with van der Waals surface area (Å²) in [6.45, 7) is 1.94. The van der Waals surface area contributed by atoms with Gasteiger partial charge in [-0.25, -0.2) is 8.42 Å². The van der Waals surface area contributed by atoms with Crippen LogP contribution in [0, 0.1) is 6.92 Å². The summed E-state index contributed by atoms with van der Waals surface area (Å²) in [6, 6.07) is 22.8. The molecule has 0 fully saturated rings. The Labute approximate surface area is 186 Å². The van der Waals surface area contributed by atoms with Gasteiger partial charge in [-0.15, -0.1) is 0 Å². The van der Waals surface area contributed by atoms with Crippen molar-refractivity contribution in [1.82, 2.24) is 0 Å². The van der Waals surface area contributed by atoms with Crippen molar-refractivity contribution in [3.63, 3.8) is 0 Å².